The lowest BCUT2D eigenvalue weighted by Gasteiger charge is -2.27. The molecule has 5 heteroatoms. The molecule has 20 heavy (non-hydrogen) atoms. The smallest absolute Gasteiger partial charge is 0.323 e. The van der Waals surface area contributed by atoms with Crippen LogP contribution in [0.4, 0.5) is 5.69 Å². The van der Waals surface area contributed by atoms with E-state index >= 15 is 0 Å². The van der Waals surface area contributed by atoms with Crippen LogP contribution in [0.15, 0.2) is 30.3 Å². The average Bonchev–Trinajstić information content (AvgIpc) is 2.97. The van der Waals surface area contributed by atoms with Crippen molar-refractivity contribution < 1.29 is 14.7 Å². The van der Waals surface area contributed by atoms with Crippen LogP contribution in [-0.4, -0.2) is 41.0 Å². The van der Waals surface area contributed by atoms with Gasteiger partial charge in [-0.2, -0.15) is 0 Å². The minimum atomic E-state index is -0.954. The number of para-hydroxylation sites is 1. The number of rotatable bonds is 6. The van der Waals surface area contributed by atoms with E-state index < -0.39 is 5.97 Å². The second-order valence-electron chi connectivity index (χ2n) is 5.07. The summed E-state index contributed by atoms with van der Waals surface area (Å²) in [7, 11) is 0. The van der Waals surface area contributed by atoms with Gasteiger partial charge in [0.25, 0.3) is 0 Å². The third kappa shape index (κ3) is 3.98. The Hall–Kier alpha value is -2.04. The number of carbonyl (C=O) groups is 2. The lowest BCUT2D eigenvalue weighted by atomic mass is 10.2. The van der Waals surface area contributed by atoms with Crippen molar-refractivity contribution in [3.8, 4) is 0 Å². The van der Waals surface area contributed by atoms with E-state index in [0.29, 0.717) is 0 Å². The molecule has 0 aliphatic heterocycles. The predicted molar refractivity (Wildman–Crippen MR) is 76.5 cm³/mol. The Morgan fingerprint density at radius 1 is 1.20 bits per heavy atom. The van der Waals surface area contributed by atoms with Crippen molar-refractivity contribution in [1.29, 1.82) is 0 Å². The van der Waals surface area contributed by atoms with Crippen molar-refractivity contribution in [2.75, 3.05) is 18.4 Å². The Kier molecular flexibility index (Phi) is 4.98. The van der Waals surface area contributed by atoms with Gasteiger partial charge in [0, 0.05) is 11.7 Å². The third-order valence-electron chi connectivity index (χ3n) is 3.61. The van der Waals surface area contributed by atoms with Crippen LogP contribution < -0.4 is 5.32 Å². The standard InChI is InChI=1S/C15H20N2O3/c18-14(10-16-12-6-2-1-3-7-12)17(11-15(19)20)13-8-4-5-9-13/h1-3,6-7,13,16H,4-5,8-11H2,(H,19,20). The molecule has 0 aromatic heterocycles. The van der Waals surface area contributed by atoms with Gasteiger partial charge >= 0.3 is 5.97 Å². The monoisotopic (exact) mass is 276 g/mol. The Morgan fingerprint density at radius 3 is 2.45 bits per heavy atom. The molecule has 0 bridgehead atoms. The van der Waals surface area contributed by atoms with Gasteiger partial charge < -0.3 is 15.3 Å². The summed E-state index contributed by atoms with van der Waals surface area (Å²) >= 11 is 0. The van der Waals surface area contributed by atoms with Crippen molar-refractivity contribution in [2.45, 2.75) is 31.7 Å². The molecular formula is C15H20N2O3. The summed E-state index contributed by atoms with van der Waals surface area (Å²) in [5, 5.41) is 12.0. The van der Waals surface area contributed by atoms with Crippen molar-refractivity contribution in [2.24, 2.45) is 0 Å². The molecule has 0 unspecified atom stereocenters. The fraction of sp³-hybridized carbons (Fsp3) is 0.467. The number of amides is 1. The minimum Gasteiger partial charge on any atom is -0.480 e. The summed E-state index contributed by atoms with van der Waals surface area (Å²) in [4.78, 5) is 24.7. The maximum Gasteiger partial charge on any atom is 0.323 e. The molecular weight excluding hydrogens is 256 g/mol. The highest BCUT2D eigenvalue weighted by atomic mass is 16.4. The molecule has 1 aromatic carbocycles. The molecule has 1 aromatic rings. The highest BCUT2D eigenvalue weighted by molar-refractivity contribution is 5.84. The minimum absolute atomic E-state index is 0.0798. The third-order valence-corrected chi connectivity index (χ3v) is 3.61. The van der Waals surface area contributed by atoms with E-state index in [2.05, 4.69) is 5.32 Å². The zero-order valence-corrected chi connectivity index (χ0v) is 11.4. The van der Waals surface area contributed by atoms with Crippen LogP contribution in [0.2, 0.25) is 0 Å². The van der Waals surface area contributed by atoms with Crippen LogP contribution in [0, 0.1) is 0 Å². The van der Waals surface area contributed by atoms with Gasteiger partial charge in [-0.25, -0.2) is 0 Å². The zero-order chi connectivity index (χ0) is 14.4. The fourth-order valence-electron chi connectivity index (χ4n) is 2.62. The first-order valence-corrected chi connectivity index (χ1v) is 6.97. The van der Waals surface area contributed by atoms with Gasteiger partial charge in [0.1, 0.15) is 6.54 Å². The van der Waals surface area contributed by atoms with E-state index in [1.165, 1.54) is 4.90 Å². The first-order chi connectivity index (χ1) is 9.66. The quantitative estimate of drug-likeness (QED) is 0.833. The number of hydrogen-bond acceptors (Lipinski definition) is 3. The van der Waals surface area contributed by atoms with Crippen molar-refractivity contribution in [3.05, 3.63) is 30.3 Å². The van der Waals surface area contributed by atoms with Crippen molar-refractivity contribution in [1.82, 2.24) is 4.90 Å². The zero-order valence-electron chi connectivity index (χ0n) is 11.4. The fourth-order valence-corrected chi connectivity index (χ4v) is 2.62. The van der Waals surface area contributed by atoms with E-state index in [4.69, 9.17) is 5.11 Å². The van der Waals surface area contributed by atoms with Crippen LogP contribution in [0.3, 0.4) is 0 Å². The summed E-state index contributed by atoms with van der Waals surface area (Å²) in [6, 6.07) is 9.52. The molecule has 5 nitrogen and oxygen atoms in total. The van der Waals surface area contributed by atoms with Crippen molar-refractivity contribution >= 4 is 17.6 Å². The number of nitrogens with zero attached hydrogens (tertiary/aromatic N) is 1. The molecule has 1 saturated carbocycles. The normalized spacial score (nSPS) is 15.0. The van der Waals surface area contributed by atoms with Crippen LogP contribution in [0.5, 0.6) is 0 Å². The van der Waals surface area contributed by atoms with Gasteiger partial charge in [-0.3, -0.25) is 9.59 Å². The molecule has 1 aliphatic rings. The molecule has 0 spiro atoms. The second kappa shape index (κ2) is 6.93. The number of benzene rings is 1. The highest BCUT2D eigenvalue weighted by Crippen LogP contribution is 2.23. The Bertz CT molecular complexity index is 455. The van der Waals surface area contributed by atoms with Gasteiger partial charge in [-0.1, -0.05) is 31.0 Å². The lowest BCUT2D eigenvalue weighted by molar-refractivity contribution is -0.145. The molecule has 108 valence electrons. The maximum absolute atomic E-state index is 12.2. The van der Waals surface area contributed by atoms with Gasteiger partial charge in [-0.05, 0) is 25.0 Å². The number of carbonyl (C=O) groups excluding carboxylic acids is 1. The number of hydrogen-bond donors (Lipinski definition) is 2. The Balaban J connectivity index is 1.93. The van der Waals surface area contributed by atoms with E-state index in [0.717, 1.165) is 31.4 Å². The molecule has 0 radical (unpaired) electrons. The van der Waals surface area contributed by atoms with Crippen LogP contribution >= 0.6 is 0 Å². The van der Waals surface area contributed by atoms with E-state index in [1.807, 2.05) is 30.3 Å². The van der Waals surface area contributed by atoms with Gasteiger partial charge in [0.2, 0.25) is 5.91 Å². The molecule has 2 N–H and O–H groups in total. The van der Waals surface area contributed by atoms with Crippen LogP contribution in [0.1, 0.15) is 25.7 Å². The summed E-state index contributed by atoms with van der Waals surface area (Å²) in [6.45, 7) is -0.0756. The average molecular weight is 276 g/mol. The number of aliphatic carboxylic acids is 1. The topological polar surface area (TPSA) is 69.6 Å². The first-order valence-electron chi connectivity index (χ1n) is 6.97. The van der Waals surface area contributed by atoms with Crippen LogP contribution in [0.25, 0.3) is 0 Å². The first kappa shape index (κ1) is 14.4. The lowest BCUT2D eigenvalue weighted by Crippen LogP contribution is -2.44. The Labute approximate surface area is 118 Å². The van der Waals surface area contributed by atoms with E-state index in [-0.39, 0.29) is 25.0 Å². The summed E-state index contributed by atoms with van der Waals surface area (Å²) < 4.78 is 0. The maximum atomic E-state index is 12.2. The summed E-state index contributed by atoms with van der Waals surface area (Å²) in [5.41, 5.74) is 0.863. The molecule has 0 heterocycles. The van der Waals surface area contributed by atoms with Crippen molar-refractivity contribution in [3.63, 3.8) is 0 Å². The summed E-state index contributed by atoms with van der Waals surface area (Å²) in [5.74, 6) is -1.10. The predicted octanol–water partition coefficient (Wildman–Crippen LogP) is 1.95. The largest absolute Gasteiger partial charge is 0.480 e. The summed E-state index contributed by atoms with van der Waals surface area (Å²) in [6.07, 6.45) is 3.95. The number of carboxylic acids is 1. The molecule has 0 atom stereocenters. The van der Waals surface area contributed by atoms with Gasteiger partial charge in [0.15, 0.2) is 0 Å². The van der Waals surface area contributed by atoms with E-state index in [9.17, 15) is 9.59 Å². The van der Waals surface area contributed by atoms with Gasteiger partial charge in [0.05, 0.1) is 6.54 Å². The second-order valence-corrected chi connectivity index (χ2v) is 5.07. The molecule has 0 saturated heterocycles. The molecule has 1 fully saturated rings. The molecule has 1 aliphatic carbocycles. The van der Waals surface area contributed by atoms with Gasteiger partial charge in [-0.15, -0.1) is 0 Å². The molecule has 2 rings (SSSR count). The number of nitrogens with one attached hydrogen (secondary N) is 1. The van der Waals surface area contributed by atoms with Crippen LogP contribution in [-0.2, 0) is 9.59 Å². The number of carboxylic acid groups (broad SMARTS) is 1. The van der Waals surface area contributed by atoms with E-state index in [1.54, 1.807) is 0 Å². The SMILES string of the molecule is O=C(O)CN(C(=O)CNc1ccccc1)C1CCCC1. The number of anilines is 1. The molecule has 1 amide bonds. The highest BCUT2D eigenvalue weighted by Gasteiger charge is 2.27. The Morgan fingerprint density at radius 2 is 1.85 bits per heavy atom.